The van der Waals surface area contributed by atoms with Gasteiger partial charge in [0.1, 0.15) is 5.75 Å². The first-order chi connectivity index (χ1) is 10.6. The molecule has 1 N–H and O–H groups in total. The molecule has 4 nitrogen and oxygen atoms in total. The third-order valence-corrected chi connectivity index (χ3v) is 3.65. The van der Waals surface area contributed by atoms with Crippen LogP contribution in [0.3, 0.4) is 0 Å². The Morgan fingerprint density at radius 1 is 1.18 bits per heavy atom. The molecule has 1 aromatic heterocycles. The fraction of sp³-hybridized carbons (Fsp3) is 0.389. The number of hydrogen-bond acceptors (Lipinski definition) is 3. The molecule has 1 aromatic carbocycles. The van der Waals surface area contributed by atoms with Crippen molar-refractivity contribution >= 4 is 0 Å². The molecule has 1 heterocycles. The predicted octanol–water partition coefficient (Wildman–Crippen LogP) is 3.04. The summed E-state index contributed by atoms with van der Waals surface area (Å²) in [5, 5.41) is 3.30. The van der Waals surface area contributed by atoms with Crippen LogP contribution in [0.4, 0.5) is 0 Å². The Kier molecular flexibility index (Phi) is 5.39. The van der Waals surface area contributed by atoms with Crippen LogP contribution in [0.2, 0.25) is 0 Å². The van der Waals surface area contributed by atoms with E-state index in [1.165, 1.54) is 0 Å². The largest absolute Gasteiger partial charge is 0.496 e. The molecule has 0 unspecified atom stereocenters. The summed E-state index contributed by atoms with van der Waals surface area (Å²) in [5.74, 6) is 0.775. The number of para-hydroxylation sites is 1. The van der Waals surface area contributed by atoms with Gasteiger partial charge in [-0.1, -0.05) is 32.0 Å². The Morgan fingerprint density at radius 3 is 2.55 bits per heavy atom. The van der Waals surface area contributed by atoms with Gasteiger partial charge in [0.15, 0.2) is 0 Å². The van der Waals surface area contributed by atoms with Crippen LogP contribution in [0.15, 0.2) is 41.2 Å². The van der Waals surface area contributed by atoms with E-state index in [2.05, 4.69) is 19.2 Å². The standard InChI is InChI=1S/C18H24N2O2/c1-5-20-16(15-8-6-7-9-17(15)22-4)11-10-14(18(20)21)12-19-13(2)3/h6-11,13,19H,5,12H2,1-4H3. The Bertz CT molecular complexity index is 690. The fourth-order valence-electron chi connectivity index (χ4n) is 2.48. The molecule has 0 aliphatic heterocycles. The number of rotatable bonds is 6. The fourth-order valence-corrected chi connectivity index (χ4v) is 2.48. The highest BCUT2D eigenvalue weighted by molar-refractivity contribution is 5.67. The van der Waals surface area contributed by atoms with Crippen LogP contribution in [0, 0.1) is 0 Å². The number of ether oxygens (including phenoxy) is 1. The maximum Gasteiger partial charge on any atom is 0.255 e. The van der Waals surface area contributed by atoms with Crippen molar-refractivity contribution in [2.45, 2.75) is 39.9 Å². The molecule has 0 amide bonds. The summed E-state index contributed by atoms with van der Waals surface area (Å²) >= 11 is 0. The number of hydrogen-bond donors (Lipinski definition) is 1. The number of pyridine rings is 1. The second kappa shape index (κ2) is 7.27. The van der Waals surface area contributed by atoms with E-state index in [9.17, 15) is 4.79 Å². The molecular formula is C18H24N2O2. The van der Waals surface area contributed by atoms with Crippen LogP contribution < -0.4 is 15.6 Å². The molecule has 0 bridgehead atoms. The van der Waals surface area contributed by atoms with Crippen molar-refractivity contribution < 1.29 is 4.74 Å². The maximum absolute atomic E-state index is 12.7. The quantitative estimate of drug-likeness (QED) is 0.891. The van der Waals surface area contributed by atoms with Gasteiger partial charge in [0.2, 0.25) is 0 Å². The highest BCUT2D eigenvalue weighted by atomic mass is 16.5. The van der Waals surface area contributed by atoms with Crippen LogP contribution in [0.25, 0.3) is 11.3 Å². The van der Waals surface area contributed by atoms with Crippen LogP contribution in [0.5, 0.6) is 5.75 Å². The van der Waals surface area contributed by atoms with Gasteiger partial charge in [0.05, 0.1) is 12.8 Å². The summed E-state index contributed by atoms with van der Waals surface area (Å²) in [6.45, 7) is 7.34. The average Bonchev–Trinajstić information content (AvgIpc) is 2.53. The first-order valence-corrected chi connectivity index (χ1v) is 7.68. The van der Waals surface area contributed by atoms with Crippen molar-refractivity contribution in [3.8, 4) is 17.0 Å². The van der Waals surface area contributed by atoms with Gasteiger partial charge in [-0.15, -0.1) is 0 Å². The van der Waals surface area contributed by atoms with E-state index in [-0.39, 0.29) is 5.56 Å². The topological polar surface area (TPSA) is 43.3 Å². The third kappa shape index (κ3) is 3.39. The monoisotopic (exact) mass is 300 g/mol. The average molecular weight is 300 g/mol. The van der Waals surface area contributed by atoms with E-state index in [1.807, 2.05) is 43.3 Å². The molecule has 0 fully saturated rings. The molecule has 118 valence electrons. The highest BCUT2D eigenvalue weighted by Crippen LogP contribution is 2.28. The Labute approximate surface area is 131 Å². The SMILES string of the molecule is CCn1c(-c2ccccc2OC)ccc(CNC(C)C)c1=O. The number of aromatic nitrogens is 1. The van der Waals surface area contributed by atoms with Crippen molar-refractivity contribution in [2.75, 3.05) is 7.11 Å². The van der Waals surface area contributed by atoms with E-state index >= 15 is 0 Å². The number of nitrogens with one attached hydrogen (secondary N) is 1. The van der Waals surface area contributed by atoms with E-state index in [1.54, 1.807) is 11.7 Å². The summed E-state index contributed by atoms with van der Waals surface area (Å²) in [4.78, 5) is 12.7. The second-order valence-electron chi connectivity index (χ2n) is 5.53. The van der Waals surface area contributed by atoms with Crippen LogP contribution in [-0.4, -0.2) is 17.7 Å². The molecule has 0 saturated carbocycles. The maximum atomic E-state index is 12.7. The number of methoxy groups -OCH3 is 1. The zero-order valence-corrected chi connectivity index (χ0v) is 13.7. The lowest BCUT2D eigenvalue weighted by Crippen LogP contribution is -2.30. The molecule has 0 aliphatic carbocycles. The molecule has 2 rings (SSSR count). The normalized spacial score (nSPS) is 11.0. The zero-order valence-electron chi connectivity index (χ0n) is 13.7. The zero-order chi connectivity index (χ0) is 16.1. The predicted molar refractivity (Wildman–Crippen MR) is 90.3 cm³/mol. The lowest BCUT2D eigenvalue weighted by Gasteiger charge is -2.16. The van der Waals surface area contributed by atoms with E-state index < -0.39 is 0 Å². The Hall–Kier alpha value is -2.07. The van der Waals surface area contributed by atoms with E-state index in [4.69, 9.17) is 4.74 Å². The van der Waals surface area contributed by atoms with Gasteiger partial charge in [-0.2, -0.15) is 0 Å². The van der Waals surface area contributed by atoms with Crippen molar-refractivity contribution in [1.29, 1.82) is 0 Å². The van der Waals surface area contributed by atoms with E-state index in [0.717, 1.165) is 22.6 Å². The van der Waals surface area contributed by atoms with Crippen LogP contribution in [-0.2, 0) is 13.1 Å². The molecule has 0 saturated heterocycles. The van der Waals surface area contributed by atoms with Crippen molar-refractivity contribution in [3.63, 3.8) is 0 Å². The Balaban J connectivity index is 2.50. The lowest BCUT2D eigenvalue weighted by molar-refractivity contribution is 0.416. The first-order valence-electron chi connectivity index (χ1n) is 7.68. The molecule has 0 radical (unpaired) electrons. The van der Waals surface area contributed by atoms with Gasteiger partial charge in [0.25, 0.3) is 5.56 Å². The van der Waals surface area contributed by atoms with Crippen molar-refractivity contribution in [2.24, 2.45) is 0 Å². The first kappa shape index (κ1) is 16.3. The van der Waals surface area contributed by atoms with E-state index in [0.29, 0.717) is 19.1 Å². The summed E-state index contributed by atoms with van der Waals surface area (Å²) in [6.07, 6.45) is 0. The van der Waals surface area contributed by atoms with Gasteiger partial charge in [0, 0.05) is 30.3 Å². The molecule has 4 heteroatoms. The van der Waals surface area contributed by atoms with Gasteiger partial charge in [-0.25, -0.2) is 0 Å². The summed E-state index contributed by atoms with van der Waals surface area (Å²) in [6, 6.07) is 12.0. The minimum Gasteiger partial charge on any atom is -0.496 e. The number of nitrogens with zero attached hydrogens (tertiary/aromatic N) is 1. The molecule has 22 heavy (non-hydrogen) atoms. The third-order valence-electron chi connectivity index (χ3n) is 3.65. The summed E-state index contributed by atoms with van der Waals surface area (Å²) < 4.78 is 7.22. The second-order valence-corrected chi connectivity index (χ2v) is 5.53. The van der Waals surface area contributed by atoms with Gasteiger partial charge < -0.3 is 14.6 Å². The van der Waals surface area contributed by atoms with Crippen LogP contribution in [0.1, 0.15) is 26.3 Å². The summed E-state index contributed by atoms with van der Waals surface area (Å²) in [5.41, 5.74) is 2.67. The molecule has 2 aromatic rings. The molecule has 0 aliphatic rings. The van der Waals surface area contributed by atoms with Crippen LogP contribution >= 0.6 is 0 Å². The Morgan fingerprint density at radius 2 is 1.91 bits per heavy atom. The van der Waals surface area contributed by atoms with Crippen molar-refractivity contribution in [1.82, 2.24) is 9.88 Å². The van der Waals surface area contributed by atoms with Gasteiger partial charge >= 0.3 is 0 Å². The van der Waals surface area contributed by atoms with Crippen molar-refractivity contribution in [3.05, 3.63) is 52.3 Å². The van der Waals surface area contributed by atoms with Gasteiger partial charge in [-0.05, 0) is 25.1 Å². The minimum absolute atomic E-state index is 0.0547. The highest BCUT2D eigenvalue weighted by Gasteiger charge is 2.12. The lowest BCUT2D eigenvalue weighted by atomic mass is 10.1. The molecule has 0 atom stereocenters. The molecule has 0 spiro atoms. The number of benzene rings is 1. The van der Waals surface area contributed by atoms with Gasteiger partial charge in [-0.3, -0.25) is 4.79 Å². The molecular weight excluding hydrogens is 276 g/mol. The minimum atomic E-state index is 0.0547. The smallest absolute Gasteiger partial charge is 0.255 e. The summed E-state index contributed by atoms with van der Waals surface area (Å²) in [7, 11) is 1.65.